The fourth-order valence-corrected chi connectivity index (χ4v) is 0.884. The maximum Gasteiger partial charge on any atom is 0.228 e. The zero-order chi connectivity index (χ0) is 10.1. The van der Waals surface area contributed by atoms with Crippen molar-refractivity contribution >= 4 is 0 Å². The van der Waals surface area contributed by atoms with Gasteiger partial charge in [0.25, 0.3) is 0 Å². The Labute approximate surface area is 77.3 Å². The van der Waals surface area contributed by atoms with Crippen molar-refractivity contribution in [3.8, 4) is 5.75 Å². The monoisotopic (exact) mass is 188 g/mol. The van der Waals surface area contributed by atoms with Crippen molar-refractivity contribution in [3.63, 3.8) is 0 Å². The van der Waals surface area contributed by atoms with Crippen LogP contribution in [-0.2, 0) is 6.42 Å². The standard InChI is InChI=1S/C9H11FO.CH3F/c1-2-8-3-5-9(6-4-8)11-7-10;1-2/h3-6H,2,7H2,1H3;1H3. The summed E-state index contributed by atoms with van der Waals surface area (Å²) in [5.74, 6) is 0.588. The van der Waals surface area contributed by atoms with E-state index >= 15 is 0 Å². The second-order valence-electron chi connectivity index (χ2n) is 2.25. The van der Waals surface area contributed by atoms with Crippen LogP contribution >= 0.6 is 0 Å². The number of halogens is 2. The van der Waals surface area contributed by atoms with Crippen LogP contribution in [0.15, 0.2) is 24.3 Å². The second-order valence-corrected chi connectivity index (χ2v) is 2.25. The Morgan fingerprint density at radius 1 is 1.15 bits per heavy atom. The summed E-state index contributed by atoms with van der Waals surface area (Å²) in [6.45, 7) is 1.32. The Hall–Kier alpha value is -1.12. The molecule has 0 radical (unpaired) electrons. The van der Waals surface area contributed by atoms with Gasteiger partial charge >= 0.3 is 0 Å². The molecule has 3 heteroatoms. The van der Waals surface area contributed by atoms with Gasteiger partial charge in [0.2, 0.25) is 6.86 Å². The summed E-state index contributed by atoms with van der Waals surface area (Å²) >= 11 is 0. The molecule has 0 amide bonds. The summed E-state index contributed by atoms with van der Waals surface area (Å²) in [5, 5.41) is 0. The number of benzene rings is 1. The quantitative estimate of drug-likeness (QED) is 0.708. The van der Waals surface area contributed by atoms with Crippen molar-refractivity contribution in [2.24, 2.45) is 0 Å². The molecule has 13 heavy (non-hydrogen) atoms. The topological polar surface area (TPSA) is 9.23 Å². The molecule has 0 aromatic heterocycles. The lowest BCUT2D eigenvalue weighted by atomic mass is 10.2. The third-order valence-electron chi connectivity index (χ3n) is 1.55. The highest BCUT2D eigenvalue weighted by molar-refractivity contribution is 5.26. The Bertz CT molecular complexity index is 209. The zero-order valence-electron chi connectivity index (χ0n) is 7.89. The third-order valence-corrected chi connectivity index (χ3v) is 1.55. The highest BCUT2D eigenvalue weighted by Crippen LogP contribution is 2.12. The third kappa shape index (κ3) is 4.45. The number of hydrogen-bond donors (Lipinski definition) is 0. The van der Waals surface area contributed by atoms with E-state index in [1.807, 2.05) is 12.1 Å². The van der Waals surface area contributed by atoms with Gasteiger partial charge in [-0.2, -0.15) is 0 Å². The summed E-state index contributed by atoms with van der Waals surface area (Å²) in [7, 11) is 0.500. The average molecular weight is 188 g/mol. The summed E-state index contributed by atoms with van der Waals surface area (Å²) in [5.41, 5.74) is 1.23. The minimum absolute atomic E-state index is 0.500. The Kier molecular flexibility index (Phi) is 6.88. The van der Waals surface area contributed by atoms with Crippen LogP contribution in [0, 0.1) is 0 Å². The fourth-order valence-electron chi connectivity index (χ4n) is 0.884. The first kappa shape index (κ1) is 11.9. The van der Waals surface area contributed by atoms with Gasteiger partial charge in [-0.1, -0.05) is 19.1 Å². The maximum absolute atomic E-state index is 11.6. The molecule has 0 fully saturated rings. The van der Waals surface area contributed by atoms with Crippen LogP contribution in [-0.4, -0.2) is 14.0 Å². The van der Waals surface area contributed by atoms with E-state index in [2.05, 4.69) is 11.7 Å². The van der Waals surface area contributed by atoms with Gasteiger partial charge in [-0.3, -0.25) is 4.39 Å². The van der Waals surface area contributed by atoms with Crippen molar-refractivity contribution in [1.82, 2.24) is 0 Å². The Balaban J connectivity index is 0.000000671. The van der Waals surface area contributed by atoms with Gasteiger partial charge in [-0.25, -0.2) is 4.39 Å². The van der Waals surface area contributed by atoms with Crippen molar-refractivity contribution in [1.29, 1.82) is 0 Å². The highest BCUT2D eigenvalue weighted by atomic mass is 19.1. The molecule has 0 bridgehead atoms. The average Bonchev–Trinajstić information content (AvgIpc) is 2.23. The number of aryl methyl sites for hydroxylation is 1. The van der Waals surface area contributed by atoms with E-state index in [4.69, 9.17) is 0 Å². The first-order chi connectivity index (χ1) is 6.36. The van der Waals surface area contributed by atoms with E-state index in [1.165, 1.54) is 5.56 Å². The minimum atomic E-state index is -0.758. The minimum Gasteiger partial charge on any atom is -0.463 e. The molecule has 0 N–H and O–H groups in total. The number of hydrogen-bond acceptors (Lipinski definition) is 1. The van der Waals surface area contributed by atoms with Crippen LogP contribution in [0.4, 0.5) is 8.78 Å². The summed E-state index contributed by atoms with van der Waals surface area (Å²) in [6, 6.07) is 7.42. The molecule has 1 nitrogen and oxygen atoms in total. The molecule has 0 spiro atoms. The largest absolute Gasteiger partial charge is 0.463 e. The van der Waals surface area contributed by atoms with Gasteiger partial charge in [0.1, 0.15) is 5.75 Å². The molecular formula is C10H14F2O. The van der Waals surface area contributed by atoms with Crippen LogP contribution in [0.1, 0.15) is 12.5 Å². The molecule has 74 valence electrons. The lowest BCUT2D eigenvalue weighted by molar-refractivity contribution is 0.191. The predicted octanol–water partition coefficient (Wildman–Crippen LogP) is 3.14. The van der Waals surface area contributed by atoms with Gasteiger partial charge < -0.3 is 4.74 Å². The number of rotatable bonds is 3. The highest BCUT2D eigenvalue weighted by Gasteiger charge is 1.91. The molecule has 1 aromatic rings. The molecule has 0 atom stereocenters. The molecule has 0 saturated carbocycles. The van der Waals surface area contributed by atoms with E-state index in [0.717, 1.165) is 6.42 Å². The predicted molar refractivity (Wildman–Crippen MR) is 49.5 cm³/mol. The van der Waals surface area contributed by atoms with Crippen LogP contribution in [0.25, 0.3) is 0 Å². The first-order valence-corrected chi connectivity index (χ1v) is 4.02. The van der Waals surface area contributed by atoms with E-state index in [9.17, 15) is 8.78 Å². The summed E-state index contributed by atoms with van der Waals surface area (Å²) < 4.78 is 25.8. The summed E-state index contributed by atoms with van der Waals surface area (Å²) in [4.78, 5) is 0. The zero-order valence-corrected chi connectivity index (χ0v) is 7.89. The summed E-state index contributed by atoms with van der Waals surface area (Å²) in [6.07, 6.45) is 0.996. The maximum atomic E-state index is 11.6. The van der Waals surface area contributed by atoms with Gasteiger partial charge in [-0.15, -0.1) is 0 Å². The molecule has 0 aliphatic heterocycles. The lowest BCUT2D eigenvalue weighted by Crippen LogP contribution is -1.89. The van der Waals surface area contributed by atoms with Crippen molar-refractivity contribution in [3.05, 3.63) is 29.8 Å². The smallest absolute Gasteiger partial charge is 0.228 e. The molecule has 1 rings (SSSR count). The van der Waals surface area contributed by atoms with Crippen LogP contribution in [0.2, 0.25) is 0 Å². The van der Waals surface area contributed by atoms with Gasteiger partial charge in [0.15, 0.2) is 0 Å². The number of alkyl halides is 2. The van der Waals surface area contributed by atoms with E-state index in [1.54, 1.807) is 12.1 Å². The van der Waals surface area contributed by atoms with E-state index < -0.39 is 6.86 Å². The molecule has 0 saturated heterocycles. The first-order valence-electron chi connectivity index (χ1n) is 4.02. The molecular weight excluding hydrogens is 174 g/mol. The van der Waals surface area contributed by atoms with Crippen molar-refractivity contribution in [2.75, 3.05) is 14.0 Å². The molecule has 0 aliphatic carbocycles. The second kappa shape index (κ2) is 7.53. The Morgan fingerprint density at radius 2 is 1.69 bits per heavy atom. The molecule has 0 unspecified atom stereocenters. The molecule has 1 aromatic carbocycles. The van der Waals surface area contributed by atoms with Gasteiger partial charge in [-0.05, 0) is 24.1 Å². The van der Waals surface area contributed by atoms with Crippen molar-refractivity contribution in [2.45, 2.75) is 13.3 Å². The van der Waals surface area contributed by atoms with Crippen LogP contribution in [0.3, 0.4) is 0 Å². The SMILES string of the molecule is CCc1ccc(OCF)cc1.CF. The molecule has 0 heterocycles. The Morgan fingerprint density at radius 3 is 2.08 bits per heavy atom. The number of ether oxygens (including phenoxy) is 1. The van der Waals surface area contributed by atoms with Gasteiger partial charge in [0, 0.05) is 0 Å². The van der Waals surface area contributed by atoms with Gasteiger partial charge in [0.05, 0.1) is 7.18 Å². The normalized spacial score (nSPS) is 8.62. The fraction of sp³-hybridized carbons (Fsp3) is 0.400. The van der Waals surface area contributed by atoms with E-state index in [-0.39, 0.29) is 0 Å². The van der Waals surface area contributed by atoms with Crippen LogP contribution < -0.4 is 4.74 Å². The lowest BCUT2D eigenvalue weighted by Gasteiger charge is -2.00. The van der Waals surface area contributed by atoms with Crippen molar-refractivity contribution < 1.29 is 13.5 Å². The van der Waals surface area contributed by atoms with E-state index in [0.29, 0.717) is 12.9 Å². The van der Waals surface area contributed by atoms with Crippen LogP contribution in [0.5, 0.6) is 5.75 Å². The molecule has 0 aliphatic rings.